The number of nitrogens with zero attached hydrogens (tertiary/aromatic N) is 4. The highest BCUT2D eigenvalue weighted by Gasteiger charge is 2.54. The van der Waals surface area contributed by atoms with Gasteiger partial charge >= 0.3 is 0 Å². The molecule has 2 atom stereocenters. The Morgan fingerprint density at radius 1 is 1.28 bits per heavy atom. The van der Waals surface area contributed by atoms with Crippen molar-refractivity contribution in [3.05, 3.63) is 57.8 Å². The lowest BCUT2D eigenvalue weighted by Crippen LogP contribution is -2.47. The number of halogens is 1. The third-order valence-corrected chi connectivity index (χ3v) is 5.29. The average Bonchev–Trinajstić information content (AvgIpc) is 2.61. The summed E-state index contributed by atoms with van der Waals surface area (Å²) in [4.78, 5) is 2.10. The number of likely N-dealkylation sites (N-methyl/N-ethyl adjacent to an activating group) is 1. The smallest absolute Gasteiger partial charge is 0.191 e. The summed E-state index contributed by atoms with van der Waals surface area (Å²) < 4.78 is 0. The molecular weight excluding hydrogens is 334 g/mol. The van der Waals surface area contributed by atoms with Crippen LogP contribution in [0.25, 0.3) is 0 Å². The minimum atomic E-state index is -1.60. The van der Waals surface area contributed by atoms with E-state index in [2.05, 4.69) is 23.1 Å². The first-order chi connectivity index (χ1) is 12.0. The van der Waals surface area contributed by atoms with E-state index < -0.39 is 11.3 Å². The van der Waals surface area contributed by atoms with E-state index in [0.29, 0.717) is 18.1 Å². The summed E-state index contributed by atoms with van der Waals surface area (Å²) in [6.07, 6.45) is 1.97. The molecule has 2 aliphatic rings. The number of fused-ring (bicyclic) bond motifs is 1. The quantitative estimate of drug-likeness (QED) is 0.840. The average molecular weight is 350 g/mol. The SMILES string of the molecule is CN1CC=C2C(C#N)=C(N)C(C#N)(C#N)[C@@H](c3cccc(Cl)c3)[C@@H]2C1. The summed E-state index contributed by atoms with van der Waals surface area (Å²) in [6.45, 7) is 1.32. The molecule has 5 nitrogen and oxygen atoms in total. The van der Waals surface area contributed by atoms with E-state index in [0.717, 1.165) is 11.1 Å². The second kappa shape index (κ2) is 6.26. The molecule has 1 aromatic carbocycles. The fourth-order valence-electron chi connectivity index (χ4n) is 3.90. The Hall–Kier alpha value is -2.78. The van der Waals surface area contributed by atoms with Gasteiger partial charge in [-0.15, -0.1) is 0 Å². The highest BCUT2D eigenvalue weighted by atomic mass is 35.5. The molecule has 3 rings (SSSR count). The zero-order chi connectivity index (χ0) is 18.2. The fraction of sp³-hybridized carbons (Fsp3) is 0.316. The first-order valence-corrected chi connectivity index (χ1v) is 8.23. The van der Waals surface area contributed by atoms with Crippen molar-refractivity contribution in [2.75, 3.05) is 20.1 Å². The maximum absolute atomic E-state index is 9.92. The van der Waals surface area contributed by atoms with Gasteiger partial charge in [-0.1, -0.05) is 29.8 Å². The van der Waals surface area contributed by atoms with Crippen LogP contribution in [0.2, 0.25) is 5.02 Å². The summed E-state index contributed by atoms with van der Waals surface area (Å²) in [5, 5.41) is 30.0. The van der Waals surface area contributed by atoms with E-state index in [-0.39, 0.29) is 17.2 Å². The maximum Gasteiger partial charge on any atom is 0.191 e. The van der Waals surface area contributed by atoms with Gasteiger partial charge in [0.1, 0.15) is 6.07 Å². The van der Waals surface area contributed by atoms with Gasteiger partial charge in [0.25, 0.3) is 0 Å². The first kappa shape index (κ1) is 17.1. The topological polar surface area (TPSA) is 101 Å². The monoisotopic (exact) mass is 349 g/mol. The second-order valence-electron chi connectivity index (χ2n) is 6.45. The predicted molar refractivity (Wildman–Crippen MR) is 93.7 cm³/mol. The Balaban J connectivity index is 2.34. The molecule has 0 amide bonds. The standard InChI is InChI=1S/C19H16ClN5/c1-25-6-5-14-15(8-21)18(24)19(10-22,11-23)17(16(14)9-25)12-3-2-4-13(20)7-12/h2-5,7,16-17H,6,9,24H2,1H3/t16-,17+/m1/s1. The molecule has 2 N–H and O–H groups in total. The molecule has 0 saturated heterocycles. The molecule has 25 heavy (non-hydrogen) atoms. The zero-order valence-electron chi connectivity index (χ0n) is 13.7. The van der Waals surface area contributed by atoms with E-state index >= 15 is 0 Å². The molecule has 0 saturated carbocycles. The van der Waals surface area contributed by atoms with Crippen LogP contribution in [0.15, 0.2) is 47.2 Å². The molecule has 0 unspecified atom stereocenters. The Labute approximate surface area is 151 Å². The Morgan fingerprint density at radius 2 is 2.00 bits per heavy atom. The van der Waals surface area contributed by atoms with E-state index in [1.54, 1.807) is 18.2 Å². The first-order valence-electron chi connectivity index (χ1n) is 7.85. The molecule has 1 heterocycles. The number of allylic oxidation sites excluding steroid dienone is 2. The van der Waals surface area contributed by atoms with E-state index in [1.165, 1.54) is 0 Å². The lowest BCUT2D eigenvalue weighted by molar-refractivity contribution is 0.237. The third-order valence-electron chi connectivity index (χ3n) is 5.05. The molecule has 6 heteroatoms. The van der Waals surface area contributed by atoms with Gasteiger partial charge in [0.15, 0.2) is 5.41 Å². The van der Waals surface area contributed by atoms with Crippen LogP contribution < -0.4 is 5.73 Å². The number of rotatable bonds is 1. The van der Waals surface area contributed by atoms with Crippen LogP contribution in [0.3, 0.4) is 0 Å². The summed E-state index contributed by atoms with van der Waals surface area (Å²) in [7, 11) is 1.97. The van der Waals surface area contributed by atoms with Crippen molar-refractivity contribution >= 4 is 11.6 Å². The summed E-state index contributed by atoms with van der Waals surface area (Å²) in [5.41, 5.74) is 6.53. The van der Waals surface area contributed by atoms with Crippen LogP contribution in [0.5, 0.6) is 0 Å². The van der Waals surface area contributed by atoms with Crippen LogP contribution in [0.4, 0.5) is 0 Å². The fourth-order valence-corrected chi connectivity index (χ4v) is 4.10. The molecule has 1 aliphatic heterocycles. The maximum atomic E-state index is 9.92. The molecular formula is C19H16ClN5. The van der Waals surface area contributed by atoms with Gasteiger partial charge in [-0.25, -0.2) is 0 Å². The van der Waals surface area contributed by atoms with Gasteiger partial charge in [-0.05, 0) is 30.3 Å². The molecule has 1 aromatic rings. The number of hydrogen-bond acceptors (Lipinski definition) is 5. The molecule has 0 aromatic heterocycles. The minimum Gasteiger partial charge on any atom is -0.399 e. The van der Waals surface area contributed by atoms with Crippen molar-refractivity contribution in [3.63, 3.8) is 0 Å². The van der Waals surface area contributed by atoms with Crippen molar-refractivity contribution in [3.8, 4) is 18.2 Å². The van der Waals surface area contributed by atoms with Crippen molar-refractivity contribution < 1.29 is 0 Å². The summed E-state index contributed by atoms with van der Waals surface area (Å²) in [5.74, 6) is -0.675. The lowest BCUT2D eigenvalue weighted by Gasteiger charge is -2.45. The van der Waals surface area contributed by atoms with Crippen LogP contribution in [0.1, 0.15) is 11.5 Å². The normalized spacial score (nSPS) is 25.2. The van der Waals surface area contributed by atoms with E-state index in [4.69, 9.17) is 17.3 Å². The van der Waals surface area contributed by atoms with Gasteiger partial charge in [-0.3, -0.25) is 0 Å². The van der Waals surface area contributed by atoms with Crippen molar-refractivity contribution in [2.24, 2.45) is 17.1 Å². The number of nitrogens with two attached hydrogens (primary N) is 1. The summed E-state index contributed by atoms with van der Waals surface area (Å²) in [6, 6.07) is 13.5. The molecule has 0 radical (unpaired) electrons. The van der Waals surface area contributed by atoms with Crippen LogP contribution >= 0.6 is 11.6 Å². The summed E-state index contributed by atoms with van der Waals surface area (Å²) >= 11 is 6.15. The molecule has 1 aliphatic carbocycles. The lowest BCUT2D eigenvalue weighted by atomic mass is 9.58. The van der Waals surface area contributed by atoms with Gasteiger partial charge < -0.3 is 10.6 Å². The number of benzene rings is 1. The minimum absolute atomic E-state index is 0.0389. The highest BCUT2D eigenvalue weighted by molar-refractivity contribution is 6.30. The Morgan fingerprint density at radius 3 is 2.60 bits per heavy atom. The molecule has 124 valence electrons. The zero-order valence-corrected chi connectivity index (χ0v) is 14.5. The van der Waals surface area contributed by atoms with Crippen LogP contribution in [0, 0.1) is 45.3 Å². The van der Waals surface area contributed by atoms with Crippen molar-refractivity contribution in [1.82, 2.24) is 4.90 Å². The van der Waals surface area contributed by atoms with Crippen molar-refractivity contribution in [1.29, 1.82) is 15.8 Å². The molecule has 0 bridgehead atoms. The highest BCUT2D eigenvalue weighted by Crippen LogP contribution is 2.54. The van der Waals surface area contributed by atoms with Crippen LogP contribution in [-0.4, -0.2) is 25.0 Å². The van der Waals surface area contributed by atoms with Gasteiger partial charge in [0.2, 0.25) is 0 Å². The van der Waals surface area contributed by atoms with Crippen LogP contribution in [-0.2, 0) is 0 Å². The van der Waals surface area contributed by atoms with Gasteiger partial charge in [0, 0.05) is 29.9 Å². The predicted octanol–water partition coefficient (Wildman–Crippen LogP) is 2.70. The van der Waals surface area contributed by atoms with Gasteiger partial charge in [0.05, 0.1) is 23.4 Å². The third kappa shape index (κ3) is 2.48. The largest absolute Gasteiger partial charge is 0.399 e. The van der Waals surface area contributed by atoms with Crippen molar-refractivity contribution in [2.45, 2.75) is 5.92 Å². The number of nitriles is 3. The Kier molecular flexibility index (Phi) is 4.27. The van der Waals surface area contributed by atoms with Gasteiger partial charge in [-0.2, -0.15) is 15.8 Å². The molecule has 0 spiro atoms. The van der Waals surface area contributed by atoms with E-state index in [9.17, 15) is 15.8 Å². The Bertz CT molecular complexity index is 895. The number of hydrogen-bond donors (Lipinski definition) is 1. The molecule has 0 fully saturated rings. The van der Waals surface area contributed by atoms with E-state index in [1.807, 2.05) is 19.2 Å². The second-order valence-corrected chi connectivity index (χ2v) is 6.89.